The fourth-order valence-electron chi connectivity index (χ4n) is 1.57. The van der Waals surface area contributed by atoms with Crippen LogP contribution in [0.2, 0.25) is 0 Å². The number of aryl methyl sites for hydroxylation is 1. The fraction of sp³-hybridized carbons (Fsp3) is 0.692. The molecule has 1 amide bonds. The monoisotopic (exact) mass is 254 g/mol. The molecule has 0 fully saturated rings. The smallest absolute Gasteiger partial charge is 0.273 e. The maximum atomic E-state index is 11.8. The molecule has 2 N–H and O–H groups in total. The van der Waals surface area contributed by atoms with Crippen LogP contribution in [-0.4, -0.2) is 28.1 Å². The van der Waals surface area contributed by atoms with E-state index in [1.807, 2.05) is 0 Å². The Morgan fingerprint density at radius 3 is 2.78 bits per heavy atom. The minimum absolute atomic E-state index is 0.213. The van der Waals surface area contributed by atoms with Crippen LogP contribution in [0, 0.1) is 12.8 Å². The highest BCUT2D eigenvalue weighted by Crippen LogP contribution is 2.15. The minimum Gasteiger partial charge on any atom is -0.448 e. The molecule has 0 aliphatic carbocycles. The maximum Gasteiger partial charge on any atom is 0.273 e. The van der Waals surface area contributed by atoms with Crippen LogP contribution < -0.4 is 5.32 Å². The van der Waals surface area contributed by atoms with Crippen molar-refractivity contribution in [1.29, 1.82) is 0 Å². The van der Waals surface area contributed by atoms with E-state index in [0.717, 1.165) is 6.42 Å². The molecule has 102 valence electrons. The Bertz CT molecular complexity index is 397. The molecule has 1 aromatic rings. The lowest BCUT2D eigenvalue weighted by molar-refractivity contribution is 0.0428. The molecule has 0 aliphatic rings. The van der Waals surface area contributed by atoms with Crippen LogP contribution >= 0.6 is 0 Å². The van der Waals surface area contributed by atoms with E-state index in [-0.39, 0.29) is 18.1 Å². The van der Waals surface area contributed by atoms with Gasteiger partial charge in [0.05, 0.1) is 5.60 Å². The van der Waals surface area contributed by atoms with Gasteiger partial charge in [0, 0.05) is 6.54 Å². The van der Waals surface area contributed by atoms with Gasteiger partial charge >= 0.3 is 0 Å². The van der Waals surface area contributed by atoms with Crippen LogP contribution in [0.5, 0.6) is 0 Å². The normalized spacial score (nSPS) is 14.6. The molecule has 1 aromatic heterocycles. The molecule has 0 aliphatic heterocycles. The first-order chi connectivity index (χ1) is 8.32. The molecule has 1 rings (SSSR count). The molecule has 0 bridgehead atoms. The van der Waals surface area contributed by atoms with E-state index in [2.05, 4.69) is 24.1 Å². The first-order valence-corrected chi connectivity index (χ1v) is 6.22. The summed E-state index contributed by atoms with van der Waals surface area (Å²) in [5.41, 5.74) is -0.618. The summed E-state index contributed by atoms with van der Waals surface area (Å²) in [6.07, 6.45) is 2.82. The Morgan fingerprint density at radius 2 is 2.28 bits per heavy atom. The van der Waals surface area contributed by atoms with Crippen LogP contribution in [0.25, 0.3) is 0 Å². The summed E-state index contributed by atoms with van der Waals surface area (Å²) in [5.74, 6) is 0.699. The van der Waals surface area contributed by atoms with Crippen molar-refractivity contribution in [2.24, 2.45) is 5.92 Å². The SMILES string of the molecule is Cc1ocnc1C(=O)NCC(C)(O)CCC(C)C. The predicted molar refractivity (Wildman–Crippen MR) is 68.3 cm³/mol. The third kappa shape index (κ3) is 4.49. The fourth-order valence-corrected chi connectivity index (χ4v) is 1.57. The number of nitrogens with zero attached hydrogens (tertiary/aromatic N) is 1. The van der Waals surface area contributed by atoms with E-state index < -0.39 is 5.60 Å². The van der Waals surface area contributed by atoms with Gasteiger partial charge in [-0.2, -0.15) is 0 Å². The summed E-state index contributed by atoms with van der Waals surface area (Å²) in [6.45, 7) is 7.83. The number of aromatic nitrogens is 1. The van der Waals surface area contributed by atoms with Crippen LogP contribution in [0.1, 0.15) is 49.9 Å². The number of nitrogens with one attached hydrogen (secondary N) is 1. The molecule has 0 aromatic carbocycles. The zero-order valence-corrected chi connectivity index (χ0v) is 11.5. The Balaban J connectivity index is 2.45. The number of rotatable bonds is 6. The van der Waals surface area contributed by atoms with Crippen molar-refractivity contribution in [2.75, 3.05) is 6.54 Å². The van der Waals surface area contributed by atoms with Crippen LogP contribution in [0.15, 0.2) is 10.8 Å². The van der Waals surface area contributed by atoms with Gasteiger partial charge in [0.2, 0.25) is 0 Å². The topological polar surface area (TPSA) is 75.4 Å². The summed E-state index contributed by atoms with van der Waals surface area (Å²) in [7, 11) is 0. The van der Waals surface area contributed by atoms with Crippen molar-refractivity contribution in [2.45, 2.75) is 46.1 Å². The molecule has 0 spiro atoms. The summed E-state index contributed by atoms with van der Waals surface area (Å²) in [5, 5.41) is 12.8. The van der Waals surface area contributed by atoms with E-state index in [4.69, 9.17) is 4.42 Å². The van der Waals surface area contributed by atoms with E-state index >= 15 is 0 Å². The Kier molecular flexibility index (Phi) is 4.90. The van der Waals surface area contributed by atoms with Crippen molar-refractivity contribution >= 4 is 5.91 Å². The van der Waals surface area contributed by atoms with Gasteiger partial charge in [-0.1, -0.05) is 13.8 Å². The molecular formula is C13H22N2O3. The van der Waals surface area contributed by atoms with Crippen molar-refractivity contribution in [3.63, 3.8) is 0 Å². The molecular weight excluding hydrogens is 232 g/mol. The highest BCUT2D eigenvalue weighted by atomic mass is 16.3. The molecule has 5 heteroatoms. The third-order valence-electron chi connectivity index (χ3n) is 2.85. The van der Waals surface area contributed by atoms with E-state index in [1.165, 1.54) is 6.39 Å². The van der Waals surface area contributed by atoms with Gasteiger partial charge in [-0.05, 0) is 32.6 Å². The van der Waals surface area contributed by atoms with E-state index in [9.17, 15) is 9.90 Å². The zero-order valence-electron chi connectivity index (χ0n) is 11.5. The number of aliphatic hydroxyl groups is 1. The second kappa shape index (κ2) is 6.00. The van der Waals surface area contributed by atoms with E-state index in [0.29, 0.717) is 18.1 Å². The lowest BCUT2D eigenvalue weighted by atomic mass is 9.95. The quantitative estimate of drug-likeness (QED) is 0.813. The summed E-state index contributed by atoms with van der Waals surface area (Å²) < 4.78 is 4.96. The molecule has 0 saturated carbocycles. The van der Waals surface area contributed by atoms with Crippen molar-refractivity contribution in [3.8, 4) is 0 Å². The summed E-state index contributed by atoms with van der Waals surface area (Å²) in [6, 6.07) is 0. The highest BCUT2D eigenvalue weighted by molar-refractivity contribution is 5.93. The van der Waals surface area contributed by atoms with Crippen LogP contribution in [-0.2, 0) is 0 Å². The number of oxazole rings is 1. The number of hydrogen-bond acceptors (Lipinski definition) is 4. The molecule has 1 unspecified atom stereocenters. The average Bonchev–Trinajstić information content (AvgIpc) is 2.70. The third-order valence-corrected chi connectivity index (χ3v) is 2.85. The van der Waals surface area contributed by atoms with Gasteiger partial charge in [0.25, 0.3) is 5.91 Å². The molecule has 18 heavy (non-hydrogen) atoms. The summed E-state index contributed by atoms with van der Waals surface area (Å²) in [4.78, 5) is 15.6. The first-order valence-electron chi connectivity index (χ1n) is 6.22. The van der Waals surface area contributed by atoms with Gasteiger partial charge in [0.15, 0.2) is 12.1 Å². The molecule has 5 nitrogen and oxygen atoms in total. The van der Waals surface area contributed by atoms with Gasteiger partial charge in [-0.15, -0.1) is 0 Å². The van der Waals surface area contributed by atoms with Crippen molar-refractivity contribution in [3.05, 3.63) is 17.8 Å². The molecule has 1 heterocycles. The van der Waals surface area contributed by atoms with Gasteiger partial charge in [-0.25, -0.2) is 4.98 Å². The Labute approximate surface area is 108 Å². The number of carbonyl (C=O) groups excluding carboxylic acids is 1. The lowest BCUT2D eigenvalue weighted by Crippen LogP contribution is -2.41. The molecule has 1 atom stereocenters. The van der Waals surface area contributed by atoms with Gasteiger partial charge in [0.1, 0.15) is 5.76 Å². The van der Waals surface area contributed by atoms with E-state index in [1.54, 1.807) is 13.8 Å². The van der Waals surface area contributed by atoms with Crippen LogP contribution in [0.3, 0.4) is 0 Å². The molecule has 0 saturated heterocycles. The highest BCUT2D eigenvalue weighted by Gasteiger charge is 2.23. The van der Waals surface area contributed by atoms with Crippen molar-refractivity contribution < 1.29 is 14.3 Å². The second-order valence-electron chi connectivity index (χ2n) is 5.37. The molecule has 0 radical (unpaired) electrons. The average molecular weight is 254 g/mol. The second-order valence-corrected chi connectivity index (χ2v) is 5.37. The largest absolute Gasteiger partial charge is 0.448 e. The zero-order chi connectivity index (χ0) is 13.8. The Hall–Kier alpha value is -1.36. The first kappa shape index (κ1) is 14.7. The summed E-state index contributed by atoms with van der Waals surface area (Å²) >= 11 is 0. The maximum absolute atomic E-state index is 11.8. The minimum atomic E-state index is -0.891. The van der Waals surface area contributed by atoms with Gasteiger partial charge < -0.3 is 14.8 Å². The predicted octanol–water partition coefficient (Wildman–Crippen LogP) is 1.90. The number of amides is 1. The van der Waals surface area contributed by atoms with Crippen LogP contribution in [0.4, 0.5) is 0 Å². The van der Waals surface area contributed by atoms with Gasteiger partial charge in [-0.3, -0.25) is 4.79 Å². The Morgan fingerprint density at radius 1 is 1.61 bits per heavy atom. The number of hydrogen-bond donors (Lipinski definition) is 2. The lowest BCUT2D eigenvalue weighted by Gasteiger charge is -2.24. The van der Waals surface area contributed by atoms with Crippen molar-refractivity contribution in [1.82, 2.24) is 10.3 Å². The number of carbonyl (C=O) groups is 1. The standard InChI is InChI=1S/C13H22N2O3/c1-9(2)5-6-13(4,17)7-14-12(16)11-10(3)18-8-15-11/h8-9,17H,5-7H2,1-4H3,(H,14,16).